The molecule has 0 bridgehead atoms. The fraction of sp³-hybridized carbons (Fsp3) is 0.0909. The molecule has 17 heavy (non-hydrogen) atoms. The lowest BCUT2D eigenvalue weighted by molar-refractivity contribution is -0.137. The van der Waals surface area contributed by atoms with Crippen molar-refractivity contribution >= 4 is 11.6 Å². The van der Waals surface area contributed by atoms with E-state index in [4.69, 9.17) is 11.6 Å². The van der Waals surface area contributed by atoms with Gasteiger partial charge in [0.25, 0.3) is 0 Å². The first kappa shape index (κ1) is 11.9. The predicted octanol–water partition coefficient (Wildman–Crippen LogP) is 3.82. The molecule has 0 radical (unpaired) electrons. The molecule has 2 rings (SSSR count). The van der Waals surface area contributed by atoms with Crippen molar-refractivity contribution in [2.75, 3.05) is 0 Å². The van der Waals surface area contributed by atoms with Crippen molar-refractivity contribution in [3.05, 3.63) is 47.1 Å². The second kappa shape index (κ2) is 4.33. The van der Waals surface area contributed by atoms with E-state index < -0.39 is 11.7 Å². The number of benzene rings is 1. The van der Waals surface area contributed by atoms with Crippen LogP contribution in [0.5, 0.6) is 0 Å². The molecule has 1 heterocycles. The minimum atomic E-state index is -4.37. The van der Waals surface area contributed by atoms with Crippen molar-refractivity contribution in [1.82, 2.24) is 10.2 Å². The van der Waals surface area contributed by atoms with E-state index in [0.717, 1.165) is 12.1 Å². The molecule has 2 nitrogen and oxygen atoms in total. The molecule has 0 aliphatic rings. The van der Waals surface area contributed by atoms with Crippen molar-refractivity contribution in [2.24, 2.45) is 0 Å². The van der Waals surface area contributed by atoms with Crippen LogP contribution >= 0.6 is 11.6 Å². The van der Waals surface area contributed by atoms with Crippen LogP contribution in [0.4, 0.5) is 13.2 Å². The monoisotopic (exact) mass is 258 g/mol. The molecule has 0 aliphatic heterocycles. The molecule has 6 heteroatoms. The second-order valence-electron chi connectivity index (χ2n) is 3.34. The number of halogens is 4. The molecule has 2 aromatic rings. The fourth-order valence-corrected chi connectivity index (χ4v) is 1.49. The molecule has 0 N–H and O–H groups in total. The van der Waals surface area contributed by atoms with Crippen LogP contribution in [0.3, 0.4) is 0 Å². The van der Waals surface area contributed by atoms with Gasteiger partial charge in [-0.2, -0.15) is 23.4 Å². The second-order valence-corrected chi connectivity index (χ2v) is 3.77. The van der Waals surface area contributed by atoms with Crippen LogP contribution in [0, 0.1) is 0 Å². The molecule has 0 saturated carbocycles. The Bertz CT molecular complexity index is 540. The van der Waals surface area contributed by atoms with Crippen LogP contribution in [-0.2, 0) is 6.18 Å². The van der Waals surface area contributed by atoms with Gasteiger partial charge in [-0.25, -0.2) is 0 Å². The minimum Gasteiger partial charge on any atom is -0.166 e. The Balaban J connectivity index is 2.47. The van der Waals surface area contributed by atoms with Crippen LogP contribution in [0.1, 0.15) is 5.56 Å². The molecule has 0 atom stereocenters. The van der Waals surface area contributed by atoms with E-state index in [1.807, 2.05) is 0 Å². The Morgan fingerprint density at radius 2 is 1.88 bits per heavy atom. The Hall–Kier alpha value is -1.62. The van der Waals surface area contributed by atoms with Gasteiger partial charge in [0.05, 0.1) is 22.5 Å². The van der Waals surface area contributed by atoms with Gasteiger partial charge in [-0.3, -0.25) is 0 Å². The number of hydrogen-bond donors (Lipinski definition) is 0. The van der Waals surface area contributed by atoms with Gasteiger partial charge in [0.15, 0.2) is 0 Å². The third-order valence-corrected chi connectivity index (χ3v) is 2.31. The highest BCUT2D eigenvalue weighted by molar-refractivity contribution is 6.30. The molecular weight excluding hydrogens is 253 g/mol. The Morgan fingerprint density at radius 3 is 2.53 bits per heavy atom. The number of rotatable bonds is 1. The quantitative estimate of drug-likeness (QED) is 0.777. The van der Waals surface area contributed by atoms with E-state index in [9.17, 15) is 13.2 Å². The summed E-state index contributed by atoms with van der Waals surface area (Å²) in [6.45, 7) is 0. The fourth-order valence-electron chi connectivity index (χ4n) is 1.34. The van der Waals surface area contributed by atoms with E-state index in [1.165, 1.54) is 24.4 Å². The summed E-state index contributed by atoms with van der Waals surface area (Å²) in [5.41, 5.74) is -0.0878. The smallest absolute Gasteiger partial charge is 0.166 e. The summed E-state index contributed by atoms with van der Waals surface area (Å²) in [5, 5.41) is 7.65. The number of nitrogens with zero attached hydrogens (tertiary/aromatic N) is 2. The van der Waals surface area contributed by atoms with Gasteiger partial charge in [0.2, 0.25) is 0 Å². The summed E-state index contributed by atoms with van der Waals surface area (Å²) in [6.07, 6.45) is -3.05. The normalized spacial score (nSPS) is 11.5. The molecule has 0 fully saturated rings. The van der Waals surface area contributed by atoms with Gasteiger partial charge in [0, 0.05) is 5.56 Å². The highest BCUT2D eigenvalue weighted by Crippen LogP contribution is 2.31. The maximum absolute atomic E-state index is 12.5. The number of alkyl halides is 3. The molecule has 0 spiro atoms. The average Bonchev–Trinajstić information content (AvgIpc) is 2.28. The van der Waals surface area contributed by atoms with Crippen LogP contribution in [0.15, 0.2) is 36.5 Å². The standard InChI is InChI=1S/C11H6ClF3N2/c12-9-5-10(17-16-6-9)7-2-1-3-8(4-7)11(13,14)15/h1-6H. The van der Waals surface area contributed by atoms with E-state index in [2.05, 4.69) is 10.2 Å². The van der Waals surface area contributed by atoms with Crippen molar-refractivity contribution in [3.8, 4) is 11.3 Å². The zero-order valence-corrected chi connectivity index (χ0v) is 9.13. The van der Waals surface area contributed by atoms with E-state index in [0.29, 0.717) is 16.3 Å². The van der Waals surface area contributed by atoms with Gasteiger partial charge < -0.3 is 0 Å². The maximum atomic E-state index is 12.5. The van der Waals surface area contributed by atoms with Crippen LogP contribution in [-0.4, -0.2) is 10.2 Å². The highest BCUT2D eigenvalue weighted by atomic mass is 35.5. The van der Waals surface area contributed by atoms with Crippen LogP contribution in [0.25, 0.3) is 11.3 Å². The first-order chi connectivity index (χ1) is 7.97. The van der Waals surface area contributed by atoms with E-state index in [-0.39, 0.29) is 0 Å². The lowest BCUT2D eigenvalue weighted by Crippen LogP contribution is -2.04. The molecule has 88 valence electrons. The van der Waals surface area contributed by atoms with Crippen molar-refractivity contribution in [2.45, 2.75) is 6.18 Å². The SMILES string of the molecule is FC(F)(F)c1cccc(-c2cc(Cl)cnn2)c1. The Labute approximate surface area is 100 Å². The minimum absolute atomic E-state index is 0.309. The van der Waals surface area contributed by atoms with Gasteiger partial charge >= 0.3 is 6.18 Å². The lowest BCUT2D eigenvalue weighted by atomic mass is 10.1. The molecular formula is C11H6ClF3N2. The third-order valence-electron chi connectivity index (χ3n) is 2.11. The summed E-state index contributed by atoms with van der Waals surface area (Å²) >= 11 is 5.70. The van der Waals surface area contributed by atoms with Gasteiger partial charge in [-0.1, -0.05) is 23.7 Å². The summed E-state index contributed by atoms with van der Waals surface area (Å²) in [6, 6.07) is 6.32. The van der Waals surface area contributed by atoms with Crippen molar-refractivity contribution in [3.63, 3.8) is 0 Å². The summed E-state index contributed by atoms with van der Waals surface area (Å²) in [5.74, 6) is 0. The number of aromatic nitrogens is 2. The predicted molar refractivity (Wildman–Crippen MR) is 57.5 cm³/mol. The maximum Gasteiger partial charge on any atom is 0.416 e. The Kier molecular flexibility index (Phi) is 3.02. The van der Waals surface area contributed by atoms with E-state index in [1.54, 1.807) is 0 Å². The van der Waals surface area contributed by atoms with Crippen LogP contribution in [0.2, 0.25) is 5.02 Å². The van der Waals surface area contributed by atoms with Gasteiger partial charge in [-0.05, 0) is 18.2 Å². The molecule has 0 unspecified atom stereocenters. The summed E-state index contributed by atoms with van der Waals surface area (Å²) in [7, 11) is 0. The van der Waals surface area contributed by atoms with Gasteiger partial charge in [-0.15, -0.1) is 0 Å². The first-order valence-electron chi connectivity index (χ1n) is 4.63. The number of hydrogen-bond acceptors (Lipinski definition) is 2. The molecule has 0 amide bonds. The summed E-state index contributed by atoms with van der Waals surface area (Å²) < 4.78 is 37.5. The van der Waals surface area contributed by atoms with Crippen molar-refractivity contribution in [1.29, 1.82) is 0 Å². The van der Waals surface area contributed by atoms with Gasteiger partial charge in [0.1, 0.15) is 0 Å². The first-order valence-corrected chi connectivity index (χ1v) is 5.00. The topological polar surface area (TPSA) is 25.8 Å². The zero-order valence-electron chi connectivity index (χ0n) is 8.37. The average molecular weight is 259 g/mol. The van der Waals surface area contributed by atoms with Crippen LogP contribution < -0.4 is 0 Å². The molecule has 0 aliphatic carbocycles. The largest absolute Gasteiger partial charge is 0.416 e. The summed E-state index contributed by atoms with van der Waals surface area (Å²) in [4.78, 5) is 0. The Morgan fingerprint density at radius 1 is 1.12 bits per heavy atom. The highest BCUT2D eigenvalue weighted by Gasteiger charge is 2.30. The van der Waals surface area contributed by atoms with Crippen molar-refractivity contribution < 1.29 is 13.2 Å². The third kappa shape index (κ3) is 2.74. The molecule has 1 aromatic carbocycles. The zero-order chi connectivity index (χ0) is 12.5. The lowest BCUT2D eigenvalue weighted by Gasteiger charge is -2.08. The van der Waals surface area contributed by atoms with E-state index >= 15 is 0 Å². The molecule has 1 aromatic heterocycles. The molecule has 0 saturated heterocycles.